The SMILES string of the molecule is COc1ccc(Nc2cc(C)nc(NCCNS(=O)(=O)c3ccc4c(c3)OCCCO4)n2)cc1. The van der Waals surface area contributed by atoms with Gasteiger partial charge in [0.15, 0.2) is 11.5 Å². The lowest BCUT2D eigenvalue weighted by Gasteiger charge is -2.12. The van der Waals surface area contributed by atoms with Gasteiger partial charge in [0, 0.05) is 43.0 Å². The Hall–Kier alpha value is -3.57. The number of rotatable bonds is 9. The molecule has 0 spiro atoms. The van der Waals surface area contributed by atoms with Crippen LogP contribution in [0.1, 0.15) is 12.1 Å². The first-order valence-corrected chi connectivity index (χ1v) is 12.3. The lowest BCUT2D eigenvalue weighted by Crippen LogP contribution is -2.29. The number of fused-ring (bicyclic) bond motifs is 1. The Morgan fingerprint density at radius 1 is 0.971 bits per heavy atom. The molecule has 0 aliphatic carbocycles. The molecule has 2 heterocycles. The van der Waals surface area contributed by atoms with Crippen LogP contribution in [0.2, 0.25) is 0 Å². The van der Waals surface area contributed by atoms with Gasteiger partial charge in [0.2, 0.25) is 16.0 Å². The molecule has 2 aromatic carbocycles. The quantitative estimate of drug-likeness (QED) is 0.392. The van der Waals surface area contributed by atoms with Crippen molar-refractivity contribution >= 4 is 27.5 Å². The maximum Gasteiger partial charge on any atom is 0.240 e. The van der Waals surface area contributed by atoms with Gasteiger partial charge in [0.05, 0.1) is 25.2 Å². The minimum atomic E-state index is -3.71. The van der Waals surface area contributed by atoms with E-state index >= 15 is 0 Å². The van der Waals surface area contributed by atoms with E-state index in [1.807, 2.05) is 37.3 Å². The molecule has 0 amide bonds. The predicted molar refractivity (Wildman–Crippen MR) is 129 cm³/mol. The molecule has 0 radical (unpaired) electrons. The standard InChI is InChI=1S/C23H27N5O5S/c1-16-14-22(27-17-4-6-18(31-2)7-5-17)28-23(26-16)24-10-11-25-34(29,30)19-8-9-20-21(15-19)33-13-3-12-32-20/h4-9,14-15,25H,3,10-13H2,1-2H3,(H2,24,26,27,28). The molecule has 0 saturated carbocycles. The van der Waals surface area contributed by atoms with E-state index < -0.39 is 10.0 Å². The summed E-state index contributed by atoms with van der Waals surface area (Å²) >= 11 is 0. The number of nitrogens with zero attached hydrogens (tertiary/aromatic N) is 2. The van der Waals surface area contributed by atoms with Crippen molar-refractivity contribution in [3.05, 3.63) is 54.2 Å². The summed E-state index contributed by atoms with van der Waals surface area (Å²) in [6.07, 6.45) is 0.749. The maximum atomic E-state index is 12.7. The Bertz CT molecular complexity index is 1230. The van der Waals surface area contributed by atoms with E-state index in [4.69, 9.17) is 14.2 Å². The molecule has 3 N–H and O–H groups in total. The fourth-order valence-corrected chi connectivity index (χ4v) is 4.33. The molecule has 3 aromatic rings. The van der Waals surface area contributed by atoms with E-state index in [9.17, 15) is 8.42 Å². The van der Waals surface area contributed by atoms with Crippen LogP contribution in [0.5, 0.6) is 17.2 Å². The molecule has 1 aromatic heterocycles. The Labute approximate surface area is 198 Å². The average molecular weight is 486 g/mol. The summed E-state index contributed by atoms with van der Waals surface area (Å²) in [6.45, 7) is 3.34. The second kappa shape index (κ2) is 10.6. The Morgan fingerprint density at radius 2 is 1.74 bits per heavy atom. The van der Waals surface area contributed by atoms with Gasteiger partial charge in [0.1, 0.15) is 11.6 Å². The molecule has 10 nitrogen and oxygen atoms in total. The molecule has 0 atom stereocenters. The smallest absolute Gasteiger partial charge is 0.240 e. The summed E-state index contributed by atoms with van der Waals surface area (Å²) < 4.78 is 44.3. The summed E-state index contributed by atoms with van der Waals surface area (Å²) in [5, 5.41) is 6.28. The van der Waals surface area contributed by atoms with Gasteiger partial charge in [-0.3, -0.25) is 0 Å². The van der Waals surface area contributed by atoms with Gasteiger partial charge in [-0.05, 0) is 43.3 Å². The highest BCUT2D eigenvalue weighted by molar-refractivity contribution is 7.89. The topological polar surface area (TPSA) is 124 Å². The van der Waals surface area contributed by atoms with Gasteiger partial charge in [-0.15, -0.1) is 0 Å². The zero-order valence-electron chi connectivity index (χ0n) is 19.0. The lowest BCUT2D eigenvalue weighted by molar-refractivity contribution is 0.297. The molecular weight excluding hydrogens is 458 g/mol. The van der Waals surface area contributed by atoms with E-state index in [0.29, 0.717) is 43.0 Å². The van der Waals surface area contributed by atoms with E-state index in [2.05, 4.69) is 25.3 Å². The van der Waals surface area contributed by atoms with Crippen LogP contribution in [0.3, 0.4) is 0 Å². The summed E-state index contributed by atoms with van der Waals surface area (Å²) in [5.41, 5.74) is 1.62. The van der Waals surface area contributed by atoms with E-state index in [1.54, 1.807) is 13.2 Å². The highest BCUT2D eigenvalue weighted by Gasteiger charge is 2.18. The van der Waals surface area contributed by atoms with Crippen molar-refractivity contribution in [1.29, 1.82) is 0 Å². The number of ether oxygens (including phenoxy) is 3. The number of nitrogens with one attached hydrogen (secondary N) is 3. The van der Waals surface area contributed by atoms with Crippen LogP contribution in [-0.4, -0.2) is 51.8 Å². The van der Waals surface area contributed by atoms with Crippen LogP contribution in [0, 0.1) is 6.92 Å². The van der Waals surface area contributed by atoms with Gasteiger partial charge < -0.3 is 24.8 Å². The summed E-state index contributed by atoms with van der Waals surface area (Å²) in [4.78, 5) is 8.93. The van der Waals surface area contributed by atoms with Crippen LogP contribution in [0.15, 0.2) is 53.4 Å². The third-order valence-electron chi connectivity index (χ3n) is 4.95. The van der Waals surface area contributed by atoms with Gasteiger partial charge in [-0.2, -0.15) is 4.98 Å². The minimum Gasteiger partial charge on any atom is -0.497 e. The van der Waals surface area contributed by atoms with Crippen LogP contribution in [-0.2, 0) is 10.0 Å². The second-order valence-corrected chi connectivity index (χ2v) is 9.32. The molecule has 1 aliphatic rings. The highest BCUT2D eigenvalue weighted by atomic mass is 32.2. The fraction of sp³-hybridized carbons (Fsp3) is 0.304. The number of benzene rings is 2. The zero-order chi connectivity index (χ0) is 24.0. The van der Waals surface area contributed by atoms with E-state index in [-0.39, 0.29) is 11.4 Å². The van der Waals surface area contributed by atoms with Crippen molar-refractivity contribution in [1.82, 2.24) is 14.7 Å². The number of anilines is 3. The Kier molecular flexibility index (Phi) is 7.33. The molecule has 0 bridgehead atoms. The molecular formula is C23H27N5O5S. The van der Waals surface area contributed by atoms with E-state index in [0.717, 1.165) is 23.6 Å². The Balaban J connectivity index is 1.33. The third-order valence-corrected chi connectivity index (χ3v) is 6.40. The number of methoxy groups -OCH3 is 1. The average Bonchev–Trinajstić information content (AvgIpc) is 3.07. The van der Waals surface area contributed by atoms with Gasteiger partial charge in [-0.1, -0.05) is 0 Å². The van der Waals surface area contributed by atoms with Crippen molar-refractivity contribution in [2.75, 3.05) is 44.0 Å². The van der Waals surface area contributed by atoms with Crippen LogP contribution < -0.4 is 29.6 Å². The third kappa shape index (κ3) is 6.06. The first-order valence-electron chi connectivity index (χ1n) is 10.8. The molecule has 0 fully saturated rings. The van der Waals surface area contributed by atoms with Crippen molar-refractivity contribution in [3.63, 3.8) is 0 Å². The molecule has 0 unspecified atom stereocenters. The maximum absolute atomic E-state index is 12.7. The van der Waals surface area contributed by atoms with Gasteiger partial charge in [-0.25, -0.2) is 18.1 Å². The predicted octanol–water partition coefficient (Wildman–Crippen LogP) is 3.09. The minimum absolute atomic E-state index is 0.120. The van der Waals surface area contributed by atoms with Crippen LogP contribution in [0.4, 0.5) is 17.5 Å². The largest absolute Gasteiger partial charge is 0.497 e. The first kappa shape index (κ1) is 23.6. The zero-order valence-corrected chi connectivity index (χ0v) is 19.8. The molecule has 0 saturated heterocycles. The molecule has 34 heavy (non-hydrogen) atoms. The van der Waals surface area contributed by atoms with Crippen molar-refractivity contribution < 1.29 is 22.6 Å². The summed E-state index contributed by atoms with van der Waals surface area (Å²) in [6, 6.07) is 13.9. The number of sulfonamides is 1. The Morgan fingerprint density at radius 3 is 2.50 bits per heavy atom. The molecule has 180 valence electrons. The number of hydrogen-bond donors (Lipinski definition) is 3. The fourth-order valence-electron chi connectivity index (χ4n) is 3.29. The monoisotopic (exact) mass is 485 g/mol. The van der Waals surface area contributed by atoms with Crippen molar-refractivity contribution in [3.8, 4) is 17.2 Å². The molecule has 4 rings (SSSR count). The molecule has 11 heteroatoms. The normalized spacial score (nSPS) is 13.1. The van der Waals surface area contributed by atoms with Gasteiger partial charge >= 0.3 is 0 Å². The van der Waals surface area contributed by atoms with Crippen LogP contribution in [0.25, 0.3) is 0 Å². The number of aromatic nitrogens is 2. The molecule has 1 aliphatic heterocycles. The summed E-state index contributed by atoms with van der Waals surface area (Å²) in [5.74, 6) is 2.76. The van der Waals surface area contributed by atoms with E-state index in [1.165, 1.54) is 12.1 Å². The first-order chi connectivity index (χ1) is 16.4. The van der Waals surface area contributed by atoms with Crippen LogP contribution >= 0.6 is 0 Å². The highest BCUT2D eigenvalue weighted by Crippen LogP contribution is 2.31. The van der Waals surface area contributed by atoms with Crippen molar-refractivity contribution in [2.45, 2.75) is 18.2 Å². The second-order valence-electron chi connectivity index (χ2n) is 7.56. The van der Waals surface area contributed by atoms with Gasteiger partial charge in [0.25, 0.3) is 0 Å². The van der Waals surface area contributed by atoms with Crippen molar-refractivity contribution in [2.24, 2.45) is 0 Å². The lowest BCUT2D eigenvalue weighted by atomic mass is 10.3. The number of aryl methyl sites for hydroxylation is 1. The number of hydrogen-bond acceptors (Lipinski definition) is 9. The summed E-state index contributed by atoms with van der Waals surface area (Å²) in [7, 11) is -2.10.